The van der Waals surface area contributed by atoms with E-state index in [-0.39, 0.29) is 11.3 Å². The first-order valence-electron chi connectivity index (χ1n) is 8.90. The number of hydrogen-bond donors (Lipinski definition) is 2. The molecule has 0 radical (unpaired) electrons. The molecule has 28 heavy (non-hydrogen) atoms. The molecule has 0 fully saturated rings. The number of aromatic carboxylic acids is 1. The summed E-state index contributed by atoms with van der Waals surface area (Å²) in [6.07, 6.45) is 0.740. The van der Waals surface area contributed by atoms with Gasteiger partial charge in [-0.25, -0.2) is 4.79 Å². The SMILES string of the molecule is O=C(O)c1ccc2c(c1)c1cc(Br)ccc1n2CCCOc1ccccc1O. The molecule has 0 aliphatic carbocycles. The van der Waals surface area contributed by atoms with Crippen LogP contribution in [0.4, 0.5) is 0 Å². The Kier molecular flexibility index (Phi) is 4.96. The van der Waals surface area contributed by atoms with Gasteiger partial charge in [0.15, 0.2) is 11.5 Å². The quantitative estimate of drug-likeness (QED) is 0.393. The van der Waals surface area contributed by atoms with Crippen LogP contribution >= 0.6 is 15.9 Å². The molecule has 0 spiro atoms. The molecule has 0 atom stereocenters. The van der Waals surface area contributed by atoms with Crippen molar-refractivity contribution in [2.45, 2.75) is 13.0 Å². The van der Waals surface area contributed by atoms with E-state index in [1.807, 2.05) is 30.3 Å². The molecule has 0 unspecified atom stereocenters. The smallest absolute Gasteiger partial charge is 0.335 e. The van der Waals surface area contributed by atoms with Gasteiger partial charge >= 0.3 is 5.97 Å². The molecule has 0 saturated carbocycles. The average molecular weight is 440 g/mol. The van der Waals surface area contributed by atoms with Crippen molar-refractivity contribution >= 4 is 43.7 Å². The molecule has 4 aromatic rings. The Bertz CT molecular complexity index is 1180. The Morgan fingerprint density at radius 3 is 2.46 bits per heavy atom. The van der Waals surface area contributed by atoms with Crippen LogP contribution in [0.3, 0.4) is 0 Å². The summed E-state index contributed by atoms with van der Waals surface area (Å²) in [5, 5.41) is 21.0. The fourth-order valence-corrected chi connectivity index (χ4v) is 3.80. The number of phenols is 1. The Morgan fingerprint density at radius 2 is 1.71 bits per heavy atom. The van der Waals surface area contributed by atoms with Gasteiger partial charge in [0, 0.05) is 32.8 Å². The van der Waals surface area contributed by atoms with E-state index in [1.54, 1.807) is 30.3 Å². The summed E-state index contributed by atoms with van der Waals surface area (Å²) in [5.74, 6) is -0.334. The molecular weight excluding hydrogens is 422 g/mol. The lowest BCUT2D eigenvalue weighted by Gasteiger charge is -2.10. The zero-order valence-electron chi connectivity index (χ0n) is 14.9. The van der Waals surface area contributed by atoms with E-state index in [0.29, 0.717) is 18.9 Å². The van der Waals surface area contributed by atoms with Gasteiger partial charge in [0.1, 0.15) is 0 Å². The van der Waals surface area contributed by atoms with E-state index >= 15 is 0 Å². The monoisotopic (exact) mass is 439 g/mol. The topological polar surface area (TPSA) is 71.7 Å². The molecule has 142 valence electrons. The highest BCUT2D eigenvalue weighted by molar-refractivity contribution is 9.10. The van der Waals surface area contributed by atoms with Crippen molar-refractivity contribution in [3.05, 3.63) is 70.7 Å². The Morgan fingerprint density at radius 1 is 1.00 bits per heavy atom. The van der Waals surface area contributed by atoms with Crippen LogP contribution in [0.25, 0.3) is 21.8 Å². The third kappa shape index (κ3) is 3.43. The molecule has 1 heterocycles. The number of carboxylic acids is 1. The molecule has 2 N–H and O–H groups in total. The predicted molar refractivity (Wildman–Crippen MR) is 112 cm³/mol. The summed E-state index contributed by atoms with van der Waals surface area (Å²) in [5.41, 5.74) is 2.30. The fourth-order valence-electron chi connectivity index (χ4n) is 3.43. The molecule has 3 aromatic carbocycles. The minimum Gasteiger partial charge on any atom is -0.504 e. The van der Waals surface area contributed by atoms with Gasteiger partial charge in [0.2, 0.25) is 0 Å². The highest BCUT2D eigenvalue weighted by Crippen LogP contribution is 2.32. The van der Waals surface area contributed by atoms with Crippen LogP contribution in [0.1, 0.15) is 16.8 Å². The fraction of sp³-hybridized carbons (Fsp3) is 0.136. The zero-order valence-corrected chi connectivity index (χ0v) is 16.5. The zero-order chi connectivity index (χ0) is 19.7. The van der Waals surface area contributed by atoms with Crippen molar-refractivity contribution < 1.29 is 19.7 Å². The van der Waals surface area contributed by atoms with Crippen molar-refractivity contribution in [3.8, 4) is 11.5 Å². The number of aryl methyl sites for hydroxylation is 1. The number of para-hydroxylation sites is 2. The summed E-state index contributed by atoms with van der Waals surface area (Å²) < 4.78 is 8.80. The maximum absolute atomic E-state index is 11.4. The van der Waals surface area contributed by atoms with E-state index < -0.39 is 5.97 Å². The van der Waals surface area contributed by atoms with E-state index in [9.17, 15) is 15.0 Å². The molecular formula is C22H18BrNO4. The van der Waals surface area contributed by atoms with E-state index in [0.717, 1.165) is 32.7 Å². The number of nitrogens with zero attached hydrogens (tertiary/aromatic N) is 1. The van der Waals surface area contributed by atoms with Gasteiger partial charge in [-0.2, -0.15) is 0 Å². The molecule has 0 saturated heterocycles. The van der Waals surface area contributed by atoms with Crippen LogP contribution in [0.2, 0.25) is 0 Å². The molecule has 6 heteroatoms. The van der Waals surface area contributed by atoms with Gasteiger partial charge in [-0.15, -0.1) is 0 Å². The Hall–Kier alpha value is -2.99. The first-order valence-corrected chi connectivity index (χ1v) is 9.69. The minimum atomic E-state index is -0.936. The lowest BCUT2D eigenvalue weighted by Crippen LogP contribution is -2.04. The lowest BCUT2D eigenvalue weighted by atomic mass is 10.1. The number of aromatic hydroxyl groups is 1. The highest BCUT2D eigenvalue weighted by Gasteiger charge is 2.13. The number of ether oxygens (including phenoxy) is 1. The number of carboxylic acid groups (broad SMARTS) is 1. The van der Waals surface area contributed by atoms with Crippen LogP contribution in [0.5, 0.6) is 11.5 Å². The van der Waals surface area contributed by atoms with Crippen molar-refractivity contribution in [1.29, 1.82) is 0 Å². The minimum absolute atomic E-state index is 0.130. The average Bonchev–Trinajstić information content (AvgIpc) is 2.99. The van der Waals surface area contributed by atoms with Crippen LogP contribution in [-0.4, -0.2) is 27.4 Å². The number of benzene rings is 3. The Balaban J connectivity index is 1.64. The first-order chi connectivity index (χ1) is 13.5. The predicted octanol–water partition coefficient (Wildman–Crippen LogP) is 5.43. The largest absolute Gasteiger partial charge is 0.504 e. The molecule has 4 rings (SSSR count). The van der Waals surface area contributed by atoms with Gasteiger partial charge in [-0.05, 0) is 55.0 Å². The van der Waals surface area contributed by atoms with Crippen molar-refractivity contribution in [2.75, 3.05) is 6.61 Å². The van der Waals surface area contributed by atoms with Gasteiger partial charge in [0.25, 0.3) is 0 Å². The number of rotatable bonds is 6. The van der Waals surface area contributed by atoms with Crippen molar-refractivity contribution in [3.63, 3.8) is 0 Å². The lowest BCUT2D eigenvalue weighted by molar-refractivity contribution is 0.0697. The molecule has 0 aliphatic rings. The number of carbonyl (C=O) groups is 1. The summed E-state index contributed by atoms with van der Waals surface area (Å²) in [6.45, 7) is 1.17. The third-order valence-electron chi connectivity index (χ3n) is 4.72. The number of hydrogen-bond acceptors (Lipinski definition) is 3. The Labute approximate surface area is 169 Å². The molecule has 0 aliphatic heterocycles. The van der Waals surface area contributed by atoms with Gasteiger partial charge in [-0.1, -0.05) is 28.1 Å². The molecule has 0 amide bonds. The maximum Gasteiger partial charge on any atom is 0.335 e. The van der Waals surface area contributed by atoms with Gasteiger partial charge in [0.05, 0.1) is 12.2 Å². The third-order valence-corrected chi connectivity index (χ3v) is 5.22. The summed E-state index contributed by atoms with van der Waals surface area (Å²) in [6, 6.07) is 18.1. The number of aromatic nitrogens is 1. The second-order valence-corrected chi connectivity index (χ2v) is 7.44. The van der Waals surface area contributed by atoms with Crippen molar-refractivity contribution in [2.24, 2.45) is 0 Å². The first kappa shape index (κ1) is 18.4. The van der Waals surface area contributed by atoms with Crippen LogP contribution in [0, 0.1) is 0 Å². The molecule has 5 nitrogen and oxygen atoms in total. The van der Waals surface area contributed by atoms with E-state index in [2.05, 4.69) is 20.5 Å². The highest BCUT2D eigenvalue weighted by atomic mass is 79.9. The number of phenolic OH excluding ortho intramolecular Hbond substituents is 1. The van der Waals surface area contributed by atoms with Crippen LogP contribution in [0.15, 0.2) is 65.1 Å². The number of halogens is 1. The summed E-state index contributed by atoms with van der Waals surface area (Å²) in [4.78, 5) is 11.4. The van der Waals surface area contributed by atoms with Gasteiger partial charge in [-0.3, -0.25) is 0 Å². The second-order valence-electron chi connectivity index (χ2n) is 6.52. The van der Waals surface area contributed by atoms with Crippen molar-refractivity contribution in [1.82, 2.24) is 4.57 Å². The maximum atomic E-state index is 11.4. The molecule has 1 aromatic heterocycles. The summed E-state index contributed by atoms with van der Waals surface area (Å²) >= 11 is 3.50. The standard InChI is InChI=1S/C22H18BrNO4/c23-15-7-9-19-17(13-15)16-12-14(22(26)27)6-8-18(16)24(19)10-3-11-28-21-5-2-1-4-20(21)25/h1-2,4-9,12-13,25H,3,10-11H2,(H,26,27). The molecule has 0 bridgehead atoms. The van der Waals surface area contributed by atoms with Crippen LogP contribution in [-0.2, 0) is 6.54 Å². The van der Waals surface area contributed by atoms with Crippen LogP contribution < -0.4 is 4.74 Å². The second kappa shape index (κ2) is 7.56. The summed E-state index contributed by atoms with van der Waals surface area (Å²) in [7, 11) is 0. The van der Waals surface area contributed by atoms with E-state index in [1.165, 1.54) is 0 Å². The van der Waals surface area contributed by atoms with E-state index in [4.69, 9.17) is 4.74 Å². The number of fused-ring (bicyclic) bond motifs is 3. The normalized spacial score (nSPS) is 11.2. The van der Waals surface area contributed by atoms with Gasteiger partial charge < -0.3 is 19.5 Å².